The third-order valence-electron chi connectivity index (χ3n) is 4.97. The molecule has 0 bridgehead atoms. The van der Waals surface area contributed by atoms with Crippen molar-refractivity contribution in [3.63, 3.8) is 0 Å². The van der Waals surface area contributed by atoms with Crippen molar-refractivity contribution in [1.82, 2.24) is 9.78 Å². The van der Waals surface area contributed by atoms with Crippen molar-refractivity contribution < 1.29 is 9.52 Å². The van der Waals surface area contributed by atoms with Gasteiger partial charge in [0.2, 0.25) is 5.52 Å². The van der Waals surface area contributed by atoms with Crippen molar-refractivity contribution in [2.45, 2.75) is 20.4 Å². The van der Waals surface area contributed by atoms with Gasteiger partial charge in [-0.2, -0.15) is 9.83 Å². The molecule has 2 aromatic carbocycles. The highest BCUT2D eigenvalue weighted by atomic mass is 35.5. The second kappa shape index (κ2) is 8.20. The van der Waals surface area contributed by atoms with Crippen LogP contribution in [0.15, 0.2) is 65.6 Å². The van der Waals surface area contributed by atoms with Crippen LogP contribution in [0, 0.1) is 5.21 Å². The first-order valence-electron chi connectivity index (χ1n) is 9.70. The predicted octanol–water partition coefficient (Wildman–Crippen LogP) is 4.32. The van der Waals surface area contributed by atoms with Crippen molar-refractivity contribution in [2.75, 3.05) is 5.32 Å². The standard InChI is InChI=1S/C23H19ClN4O3/c1-3-27-23(30)22(25-18-10-5-11-19-17(18)9-6-12-28(19)31)20(14(2)29)21(26-27)15-7-4-8-16(24)13-15/h4-13,25H,3H2,1-2H3. The van der Waals surface area contributed by atoms with E-state index in [0.717, 1.165) is 4.73 Å². The number of nitrogens with one attached hydrogen (secondary N) is 1. The van der Waals surface area contributed by atoms with E-state index in [0.29, 0.717) is 39.4 Å². The molecule has 0 spiro atoms. The molecule has 8 heteroatoms. The van der Waals surface area contributed by atoms with Gasteiger partial charge in [0, 0.05) is 29.3 Å². The molecule has 31 heavy (non-hydrogen) atoms. The van der Waals surface area contributed by atoms with E-state index in [4.69, 9.17) is 11.6 Å². The number of hydrogen-bond acceptors (Lipinski definition) is 5. The summed E-state index contributed by atoms with van der Waals surface area (Å²) in [4.78, 5) is 25.9. The van der Waals surface area contributed by atoms with Gasteiger partial charge >= 0.3 is 0 Å². The van der Waals surface area contributed by atoms with E-state index in [1.807, 2.05) is 0 Å². The Kier molecular flexibility index (Phi) is 5.44. The number of benzene rings is 2. The lowest BCUT2D eigenvalue weighted by molar-refractivity contribution is -0.577. The zero-order valence-corrected chi connectivity index (χ0v) is 17.7. The molecule has 0 aliphatic carbocycles. The lowest BCUT2D eigenvalue weighted by Crippen LogP contribution is -2.28. The minimum atomic E-state index is -0.429. The maximum atomic E-state index is 13.2. The average molecular weight is 435 g/mol. The minimum Gasteiger partial charge on any atom is -0.618 e. The molecule has 0 atom stereocenters. The Morgan fingerprint density at radius 1 is 1.19 bits per heavy atom. The predicted molar refractivity (Wildman–Crippen MR) is 121 cm³/mol. The number of halogens is 1. The van der Waals surface area contributed by atoms with E-state index in [2.05, 4.69) is 10.4 Å². The zero-order chi connectivity index (χ0) is 22.1. The first kappa shape index (κ1) is 20.6. The number of Topliss-reactive ketones (excluding diaryl/α,β-unsaturated/α-hetero) is 1. The Balaban J connectivity index is 2.00. The molecule has 0 fully saturated rings. The third-order valence-corrected chi connectivity index (χ3v) is 5.21. The minimum absolute atomic E-state index is 0.105. The fourth-order valence-corrected chi connectivity index (χ4v) is 3.73. The van der Waals surface area contributed by atoms with E-state index in [1.165, 1.54) is 17.8 Å². The number of carbonyl (C=O) groups is 1. The Morgan fingerprint density at radius 2 is 1.97 bits per heavy atom. The molecule has 1 N–H and O–H groups in total. The number of rotatable bonds is 5. The van der Waals surface area contributed by atoms with Gasteiger partial charge in [-0.05, 0) is 38.1 Å². The van der Waals surface area contributed by atoms with Crippen LogP contribution < -0.4 is 15.6 Å². The summed E-state index contributed by atoms with van der Waals surface area (Å²) in [5, 5.41) is 20.8. The molecule has 2 heterocycles. The fourth-order valence-electron chi connectivity index (χ4n) is 3.54. The SMILES string of the molecule is CCn1nc(-c2cccc(Cl)c2)c(C(C)=O)c(Nc2cccc3c2ccc[n+]3[O-])c1=O. The summed E-state index contributed by atoms with van der Waals surface area (Å²) >= 11 is 6.15. The smallest absolute Gasteiger partial charge is 0.291 e. The Hall–Kier alpha value is -3.71. The van der Waals surface area contributed by atoms with Crippen LogP contribution in [0.1, 0.15) is 24.2 Å². The van der Waals surface area contributed by atoms with Crippen LogP contribution in [-0.2, 0) is 6.54 Å². The molecule has 0 aliphatic heterocycles. The lowest BCUT2D eigenvalue weighted by Gasteiger charge is -2.17. The molecule has 4 aromatic rings. The summed E-state index contributed by atoms with van der Waals surface area (Å²) in [6, 6.07) is 15.5. The van der Waals surface area contributed by atoms with Crippen LogP contribution in [0.3, 0.4) is 0 Å². The molecular formula is C23H19ClN4O3. The summed E-state index contributed by atoms with van der Waals surface area (Å²) in [5.74, 6) is -0.315. The average Bonchev–Trinajstić information content (AvgIpc) is 2.75. The van der Waals surface area contributed by atoms with Gasteiger partial charge in [0.15, 0.2) is 12.0 Å². The van der Waals surface area contributed by atoms with Crippen molar-refractivity contribution in [3.05, 3.63) is 86.9 Å². The van der Waals surface area contributed by atoms with Crippen LogP contribution in [0.25, 0.3) is 22.2 Å². The highest BCUT2D eigenvalue weighted by Crippen LogP contribution is 2.31. The van der Waals surface area contributed by atoms with Gasteiger partial charge in [-0.1, -0.05) is 29.8 Å². The zero-order valence-electron chi connectivity index (χ0n) is 16.9. The maximum absolute atomic E-state index is 13.2. The first-order valence-corrected chi connectivity index (χ1v) is 10.1. The summed E-state index contributed by atoms with van der Waals surface area (Å²) in [6.45, 7) is 3.50. The van der Waals surface area contributed by atoms with Gasteiger partial charge in [0.05, 0.1) is 16.6 Å². The Labute approximate surface area is 183 Å². The van der Waals surface area contributed by atoms with Gasteiger partial charge < -0.3 is 10.5 Å². The van der Waals surface area contributed by atoms with Crippen molar-refractivity contribution >= 4 is 39.7 Å². The quantitative estimate of drug-likeness (QED) is 0.287. The largest absolute Gasteiger partial charge is 0.618 e. The monoisotopic (exact) mass is 434 g/mol. The number of fused-ring (bicyclic) bond motifs is 1. The highest BCUT2D eigenvalue weighted by Gasteiger charge is 2.23. The van der Waals surface area contributed by atoms with Gasteiger partial charge in [0.25, 0.3) is 5.56 Å². The Morgan fingerprint density at radius 3 is 2.68 bits per heavy atom. The number of nitrogens with zero attached hydrogens (tertiary/aromatic N) is 3. The van der Waals surface area contributed by atoms with Crippen LogP contribution in [0.5, 0.6) is 0 Å². The van der Waals surface area contributed by atoms with E-state index in [1.54, 1.807) is 61.5 Å². The fraction of sp³-hybridized carbons (Fsp3) is 0.130. The summed E-state index contributed by atoms with van der Waals surface area (Å²) in [6.07, 6.45) is 1.40. The highest BCUT2D eigenvalue weighted by molar-refractivity contribution is 6.30. The second-order valence-electron chi connectivity index (χ2n) is 6.98. The number of aromatic nitrogens is 3. The molecule has 156 valence electrons. The molecule has 2 aromatic heterocycles. The molecule has 0 amide bonds. The van der Waals surface area contributed by atoms with Crippen LogP contribution in [0.2, 0.25) is 5.02 Å². The lowest BCUT2D eigenvalue weighted by atomic mass is 10.0. The van der Waals surface area contributed by atoms with Gasteiger partial charge in [-0.3, -0.25) is 9.59 Å². The number of anilines is 2. The third kappa shape index (κ3) is 3.75. The maximum Gasteiger partial charge on any atom is 0.291 e. The normalized spacial score (nSPS) is 10.9. The van der Waals surface area contributed by atoms with E-state index in [9.17, 15) is 14.8 Å². The van der Waals surface area contributed by atoms with E-state index in [-0.39, 0.29) is 17.0 Å². The van der Waals surface area contributed by atoms with Crippen molar-refractivity contribution in [3.8, 4) is 11.3 Å². The van der Waals surface area contributed by atoms with Crippen molar-refractivity contribution in [1.29, 1.82) is 0 Å². The summed E-state index contributed by atoms with van der Waals surface area (Å²) < 4.78 is 2.05. The molecule has 7 nitrogen and oxygen atoms in total. The molecule has 0 aliphatic rings. The topological polar surface area (TPSA) is 90.9 Å². The first-order chi connectivity index (χ1) is 14.9. The number of hydrogen-bond donors (Lipinski definition) is 1. The van der Waals surface area contributed by atoms with E-state index >= 15 is 0 Å². The number of ketones is 1. The molecular weight excluding hydrogens is 416 g/mol. The summed E-state index contributed by atoms with van der Waals surface area (Å²) in [5.41, 5.74) is 1.80. The number of carbonyl (C=O) groups excluding carboxylic acids is 1. The number of aryl methyl sites for hydroxylation is 1. The number of pyridine rings is 1. The molecule has 0 saturated heterocycles. The molecule has 0 saturated carbocycles. The second-order valence-corrected chi connectivity index (χ2v) is 7.42. The van der Waals surface area contributed by atoms with Crippen molar-refractivity contribution in [2.24, 2.45) is 0 Å². The van der Waals surface area contributed by atoms with E-state index < -0.39 is 5.56 Å². The molecule has 0 unspecified atom stereocenters. The molecule has 4 rings (SSSR count). The summed E-state index contributed by atoms with van der Waals surface area (Å²) in [7, 11) is 0. The van der Waals surface area contributed by atoms with Crippen LogP contribution in [-0.4, -0.2) is 15.6 Å². The Bertz CT molecular complexity index is 1380. The van der Waals surface area contributed by atoms with Gasteiger partial charge in [-0.25, -0.2) is 4.68 Å². The van der Waals surface area contributed by atoms with Gasteiger partial charge in [-0.15, -0.1) is 0 Å². The van der Waals surface area contributed by atoms with Crippen LogP contribution >= 0.6 is 11.6 Å². The van der Waals surface area contributed by atoms with Gasteiger partial charge in [0.1, 0.15) is 11.4 Å². The molecule has 0 radical (unpaired) electrons. The van der Waals surface area contributed by atoms with Crippen LogP contribution in [0.4, 0.5) is 11.4 Å².